The molecule has 1 amide bonds. The molecular formula is C28H30N4O3S. The Morgan fingerprint density at radius 3 is 2.56 bits per heavy atom. The molecule has 0 unspecified atom stereocenters. The summed E-state index contributed by atoms with van der Waals surface area (Å²) in [7, 11) is 0. The number of aromatic nitrogens is 1. The molecule has 4 aromatic rings. The monoisotopic (exact) mass is 502 g/mol. The highest BCUT2D eigenvalue weighted by Crippen LogP contribution is 2.34. The summed E-state index contributed by atoms with van der Waals surface area (Å²) in [6.45, 7) is 8.28. The predicted molar refractivity (Wildman–Crippen MR) is 146 cm³/mol. The topological polar surface area (TPSA) is 88.8 Å². The number of ketones is 1. The largest absolute Gasteiger partial charge is 0.444 e. The standard InChI is InChI=1S/C28H30N4O3S/c1-28(2,3)35-27(34)32-12-10-31(11-13-32)20-9-8-18-14-19(17-30-23(18)15-20)24(33)16-22-21-6-4-5-7-25(21)36-26(22)29/h4-9,14-15,17H,10-13,16,29H2,1-3H3. The number of nitrogens with zero attached hydrogens (tertiary/aromatic N) is 3. The molecule has 0 atom stereocenters. The van der Waals surface area contributed by atoms with Gasteiger partial charge in [0.2, 0.25) is 0 Å². The van der Waals surface area contributed by atoms with Crippen molar-refractivity contribution in [3.63, 3.8) is 0 Å². The van der Waals surface area contributed by atoms with Gasteiger partial charge in [0.1, 0.15) is 5.60 Å². The Kier molecular flexibility index (Phi) is 6.30. The fraction of sp³-hybridized carbons (Fsp3) is 0.321. The smallest absolute Gasteiger partial charge is 0.410 e. The van der Waals surface area contributed by atoms with Gasteiger partial charge in [-0.05, 0) is 50.4 Å². The van der Waals surface area contributed by atoms with Crippen LogP contribution in [0.3, 0.4) is 0 Å². The van der Waals surface area contributed by atoms with E-state index in [1.807, 2.05) is 69.3 Å². The molecule has 0 spiro atoms. The van der Waals surface area contributed by atoms with Crippen molar-refractivity contribution in [2.45, 2.75) is 32.8 Å². The summed E-state index contributed by atoms with van der Waals surface area (Å²) in [5.41, 5.74) is 9.08. The molecule has 1 aliphatic heterocycles. The van der Waals surface area contributed by atoms with Crippen LogP contribution in [-0.2, 0) is 11.2 Å². The molecule has 0 saturated carbocycles. The van der Waals surface area contributed by atoms with Crippen molar-refractivity contribution in [3.05, 3.63) is 65.9 Å². The zero-order chi connectivity index (χ0) is 25.4. The summed E-state index contributed by atoms with van der Waals surface area (Å²) in [5, 5.41) is 2.65. The van der Waals surface area contributed by atoms with Gasteiger partial charge in [-0.1, -0.05) is 24.3 Å². The van der Waals surface area contributed by atoms with Crippen molar-refractivity contribution < 1.29 is 14.3 Å². The van der Waals surface area contributed by atoms with E-state index in [1.54, 1.807) is 11.1 Å². The van der Waals surface area contributed by atoms with Gasteiger partial charge in [0.25, 0.3) is 0 Å². The van der Waals surface area contributed by atoms with E-state index < -0.39 is 5.60 Å². The van der Waals surface area contributed by atoms with Gasteiger partial charge >= 0.3 is 6.09 Å². The van der Waals surface area contributed by atoms with Crippen LogP contribution in [0.25, 0.3) is 21.0 Å². The second-order valence-electron chi connectivity index (χ2n) is 10.1. The first kappa shape index (κ1) is 24.1. The van der Waals surface area contributed by atoms with Crippen molar-refractivity contribution in [1.82, 2.24) is 9.88 Å². The summed E-state index contributed by atoms with van der Waals surface area (Å²) in [6.07, 6.45) is 1.64. The van der Waals surface area contributed by atoms with E-state index in [9.17, 15) is 9.59 Å². The summed E-state index contributed by atoms with van der Waals surface area (Å²) in [6, 6.07) is 16.0. The highest BCUT2D eigenvalue weighted by Gasteiger charge is 2.26. The summed E-state index contributed by atoms with van der Waals surface area (Å²) < 4.78 is 6.58. The number of piperazine rings is 1. The molecule has 7 nitrogen and oxygen atoms in total. The number of thiophene rings is 1. The third-order valence-corrected chi connectivity index (χ3v) is 7.40. The first-order valence-electron chi connectivity index (χ1n) is 12.1. The molecule has 8 heteroatoms. The number of hydrogen-bond acceptors (Lipinski definition) is 7. The van der Waals surface area contributed by atoms with Crippen molar-refractivity contribution in [2.75, 3.05) is 36.8 Å². The van der Waals surface area contributed by atoms with Crippen LogP contribution in [0.15, 0.2) is 54.7 Å². The number of hydrogen-bond donors (Lipinski definition) is 1. The third-order valence-electron chi connectivity index (χ3n) is 6.35. The highest BCUT2D eigenvalue weighted by molar-refractivity contribution is 7.22. The Balaban J connectivity index is 1.28. The summed E-state index contributed by atoms with van der Waals surface area (Å²) >= 11 is 1.51. The lowest BCUT2D eigenvalue weighted by Gasteiger charge is -2.36. The molecule has 0 aliphatic carbocycles. The number of nitrogens with two attached hydrogens (primary N) is 1. The molecule has 36 heavy (non-hydrogen) atoms. The van der Waals surface area contributed by atoms with Crippen LogP contribution in [0.5, 0.6) is 0 Å². The quantitative estimate of drug-likeness (QED) is 0.370. The van der Waals surface area contributed by atoms with Crippen molar-refractivity contribution in [1.29, 1.82) is 0 Å². The first-order chi connectivity index (χ1) is 17.2. The van der Waals surface area contributed by atoms with Gasteiger partial charge in [0.05, 0.1) is 10.5 Å². The molecule has 1 fully saturated rings. The molecular weight excluding hydrogens is 472 g/mol. The van der Waals surface area contributed by atoms with Gasteiger partial charge in [0, 0.05) is 65.7 Å². The van der Waals surface area contributed by atoms with E-state index in [-0.39, 0.29) is 18.3 Å². The number of pyridine rings is 1. The zero-order valence-corrected chi connectivity index (χ0v) is 21.6. The average molecular weight is 503 g/mol. The lowest BCUT2D eigenvalue weighted by molar-refractivity contribution is 0.0240. The number of nitrogen functional groups attached to an aromatic ring is 1. The Morgan fingerprint density at radius 1 is 1.06 bits per heavy atom. The van der Waals surface area contributed by atoms with Crippen LogP contribution < -0.4 is 10.6 Å². The Labute approximate surface area is 214 Å². The van der Waals surface area contributed by atoms with Gasteiger partial charge in [-0.3, -0.25) is 9.78 Å². The Hall–Kier alpha value is -3.65. The van der Waals surface area contributed by atoms with Crippen LogP contribution in [0.1, 0.15) is 36.7 Å². The van der Waals surface area contributed by atoms with Crippen molar-refractivity contribution in [2.24, 2.45) is 0 Å². The molecule has 5 rings (SSSR count). The van der Waals surface area contributed by atoms with E-state index in [1.165, 1.54) is 11.3 Å². The second-order valence-corrected chi connectivity index (χ2v) is 11.2. The summed E-state index contributed by atoms with van der Waals surface area (Å²) in [4.78, 5) is 34.0. The van der Waals surface area contributed by atoms with E-state index in [4.69, 9.17) is 10.5 Å². The summed E-state index contributed by atoms with van der Waals surface area (Å²) in [5.74, 6) is 0.00185. The number of fused-ring (bicyclic) bond motifs is 2. The molecule has 2 aromatic heterocycles. The SMILES string of the molecule is CC(C)(C)OC(=O)N1CCN(c2ccc3cc(C(=O)Cc4c(N)sc5ccccc45)cnc3c2)CC1. The normalized spacial score (nSPS) is 14.4. The number of rotatable bonds is 4. The number of anilines is 2. The zero-order valence-electron chi connectivity index (χ0n) is 20.8. The molecule has 2 N–H and O–H groups in total. The van der Waals surface area contributed by atoms with Gasteiger partial charge in [-0.2, -0.15) is 0 Å². The van der Waals surface area contributed by atoms with E-state index >= 15 is 0 Å². The maximum atomic E-state index is 13.1. The minimum absolute atomic E-state index is 0.00185. The molecule has 0 bridgehead atoms. The van der Waals surface area contributed by atoms with E-state index in [0.29, 0.717) is 23.7 Å². The van der Waals surface area contributed by atoms with Crippen molar-refractivity contribution in [3.8, 4) is 0 Å². The first-order valence-corrected chi connectivity index (χ1v) is 12.9. The minimum atomic E-state index is -0.497. The molecule has 1 aliphatic rings. The van der Waals surface area contributed by atoms with Gasteiger partial charge < -0.3 is 20.3 Å². The van der Waals surface area contributed by atoms with E-state index in [2.05, 4.69) is 9.88 Å². The van der Waals surface area contributed by atoms with Crippen LogP contribution in [-0.4, -0.2) is 53.5 Å². The fourth-order valence-corrected chi connectivity index (χ4v) is 5.49. The van der Waals surface area contributed by atoms with Crippen molar-refractivity contribution >= 4 is 54.9 Å². The van der Waals surface area contributed by atoms with E-state index in [0.717, 1.165) is 45.3 Å². The van der Waals surface area contributed by atoms with Crippen LogP contribution >= 0.6 is 11.3 Å². The Morgan fingerprint density at radius 2 is 1.81 bits per heavy atom. The molecule has 186 valence electrons. The number of carbonyl (C=O) groups is 2. The third kappa shape index (κ3) is 4.99. The molecule has 1 saturated heterocycles. The predicted octanol–water partition coefficient (Wildman–Crippen LogP) is 5.51. The number of benzene rings is 2. The number of Topliss-reactive ketones (excluding diaryl/α,β-unsaturated/α-hetero) is 1. The number of ether oxygens (including phenoxy) is 1. The molecule has 2 aromatic carbocycles. The van der Waals surface area contributed by atoms with Crippen LogP contribution in [0.4, 0.5) is 15.5 Å². The van der Waals surface area contributed by atoms with Crippen LogP contribution in [0.2, 0.25) is 0 Å². The molecule has 3 heterocycles. The lowest BCUT2D eigenvalue weighted by atomic mass is 10.0. The second kappa shape index (κ2) is 9.43. The maximum absolute atomic E-state index is 13.1. The molecule has 0 radical (unpaired) electrons. The fourth-order valence-electron chi connectivity index (χ4n) is 4.50. The average Bonchev–Trinajstić information content (AvgIpc) is 3.17. The van der Waals surface area contributed by atoms with Gasteiger partial charge in [-0.25, -0.2) is 4.79 Å². The Bertz CT molecular complexity index is 1450. The van der Waals surface area contributed by atoms with Gasteiger partial charge in [0.15, 0.2) is 5.78 Å². The number of carbonyl (C=O) groups excluding carboxylic acids is 2. The maximum Gasteiger partial charge on any atom is 0.410 e. The van der Waals surface area contributed by atoms with Crippen LogP contribution in [0, 0.1) is 0 Å². The highest BCUT2D eigenvalue weighted by atomic mass is 32.1. The minimum Gasteiger partial charge on any atom is -0.444 e. The van der Waals surface area contributed by atoms with Gasteiger partial charge in [-0.15, -0.1) is 11.3 Å². The lowest BCUT2D eigenvalue weighted by Crippen LogP contribution is -2.50. The number of amides is 1.